The molecule has 102 valence electrons. The zero-order valence-electron chi connectivity index (χ0n) is 11.3. The first-order valence-corrected chi connectivity index (χ1v) is 6.82. The summed E-state index contributed by atoms with van der Waals surface area (Å²) in [6.45, 7) is 4.81. The topological polar surface area (TPSA) is 51.0 Å². The van der Waals surface area contributed by atoms with Crippen molar-refractivity contribution in [1.29, 1.82) is 0 Å². The van der Waals surface area contributed by atoms with Crippen LogP contribution in [-0.4, -0.2) is 16.5 Å². The van der Waals surface area contributed by atoms with E-state index in [0.717, 1.165) is 29.0 Å². The highest BCUT2D eigenvalue weighted by molar-refractivity contribution is 6.34. The summed E-state index contributed by atoms with van der Waals surface area (Å²) in [5.41, 5.74) is 2.43. The van der Waals surface area contributed by atoms with Crippen molar-refractivity contribution in [2.24, 2.45) is 0 Å². The summed E-state index contributed by atoms with van der Waals surface area (Å²) in [5, 5.41) is 4.78. The highest BCUT2D eigenvalue weighted by Gasteiger charge is 2.14. The standard InChI is InChI=1S/C15H14ClN3O/c1-3-17-15-9(2)13(18-8-19-15)12-7-10-5-4-6-11(16)14(10)20-12/h4-8H,3H2,1-2H3,(H,17,18,19). The largest absolute Gasteiger partial charge is 0.453 e. The first-order chi connectivity index (χ1) is 9.70. The Labute approximate surface area is 121 Å². The molecule has 0 bridgehead atoms. The SMILES string of the molecule is CCNc1ncnc(-c2cc3cccc(Cl)c3o2)c1C. The Morgan fingerprint density at radius 1 is 1.30 bits per heavy atom. The van der Waals surface area contributed by atoms with Crippen LogP contribution in [0.3, 0.4) is 0 Å². The van der Waals surface area contributed by atoms with E-state index >= 15 is 0 Å². The van der Waals surface area contributed by atoms with Crippen LogP contribution in [0, 0.1) is 6.92 Å². The molecule has 0 aliphatic carbocycles. The summed E-state index contributed by atoms with van der Waals surface area (Å²) in [7, 11) is 0. The second-order valence-corrected chi connectivity index (χ2v) is 4.90. The van der Waals surface area contributed by atoms with Crippen molar-refractivity contribution < 1.29 is 4.42 Å². The molecule has 0 aliphatic heterocycles. The lowest BCUT2D eigenvalue weighted by molar-refractivity contribution is 0.628. The van der Waals surface area contributed by atoms with Crippen LogP contribution in [0.1, 0.15) is 12.5 Å². The Kier molecular flexibility index (Phi) is 3.32. The Balaban J connectivity index is 2.16. The van der Waals surface area contributed by atoms with Gasteiger partial charge in [-0.25, -0.2) is 9.97 Å². The average molecular weight is 288 g/mol. The molecule has 0 atom stereocenters. The van der Waals surface area contributed by atoms with E-state index in [1.165, 1.54) is 6.33 Å². The van der Waals surface area contributed by atoms with Gasteiger partial charge in [0.15, 0.2) is 11.3 Å². The molecule has 0 aliphatic rings. The number of nitrogens with one attached hydrogen (secondary N) is 1. The van der Waals surface area contributed by atoms with Gasteiger partial charge in [-0.3, -0.25) is 0 Å². The van der Waals surface area contributed by atoms with Crippen LogP contribution in [0.2, 0.25) is 5.02 Å². The molecule has 3 rings (SSSR count). The van der Waals surface area contributed by atoms with E-state index in [1.807, 2.05) is 38.1 Å². The number of hydrogen-bond acceptors (Lipinski definition) is 4. The number of aromatic nitrogens is 2. The number of anilines is 1. The van der Waals surface area contributed by atoms with Gasteiger partial charge in [-0.1, -0.05) is 23.7 Å². The van der Waals surface area contributed by atoms with E-state index in [0.29, 0.717) is 16.4 Å². The molecule has 0 radical (unpaired) electrons. The zero-order chi connectivity index (χ0) is 14.1. The number of hydrogen-bond donors (Lipinski definition) is 1. The number of fused-ring (bicyclic) bond motifs is 1. The Hall–Kier alpha value is -2.07. The molecule has 0 saturated heterocycles. The second-order valence-electron chi connectivity index (χ2n) is 4.50. The van der Waals surface area contributed by atoms with Crippen molar-refractivity contribution in [1.82, 2.24) is 9.97 Å². The van der Waals surface area contributed by atoms with Gasteiger partial charge >= 0.3 is 0 Å². The highest BCUT2D eigenvalue weighted by atomic mass is 35.5. The normalized spacial score (nSPS) is 10.9. The third kappa shape index (κ3) is 2.12. The van der Waals surface area contributed by atoms with Crippen molar-refractivity contribution >= 4 is 28.4 Å². The predicted molar refractivity (Wildman–Crippen MR) is 81.2 cm³/mol. The number of halogens is 1. The van der Waals surface area contributed by atoms with Gasteiger partial charge in [0.05, 0.1) is 5.02 Å². The van der Waals surface area contributed by atoms with E-state index < -0.39 is 0 Å². The van der Waals surface area contributed by atoms with Gasteiger partial charge in [0.25, 0.3) is 0 Å². The molecule has 20 heavy (non-hydrogen) atoms. The number of para-hydroxylation sites is 1. The Bertz CT molecular complexity index is 767. The summed E-state index contributed by atoms with van der Waals surface area (Å²) in [6, 6.07) is 7.64. The van der Waals surface area contributed by atoms with Crippen LogP contribution >= 0.6 is 11.6 Å². The third-order valence-electron chi connectivity index (χ3n) is 3.16. The van der Waals surface area contributed by atoms with Crippen LogP contribution in [0.4, 0.5) is 5.82 Å². The minimum atomic E-state index is 0.604. The van der Waals surface area contributed by atoms with Gasteiger partial charge in [-0.15, -0.1) is 0 Å². The second kappa shape index (κ2) is 5.13. The van der Waals surface area contributed by atoms with Crippen LogP contribution < -0.4 is 5.32 Å². The maximum absolute atomic E-state index is 6.14. The molecule has 4 nitrogen and oxygen atoms in total. The van der Waals surface area contributed by atoms with E-state index in [1.54, 1.807) is 0 Å². The smallest absolute Gasteiger partial charge is 0.154 e. The first kappa shape index (κ1) is 12.9. The van der Waals surface area contributed by atoms with E-state index in [4.69, 9.17) is 16.0 Å². The molecule has 2 heterocycles. The van der Waals surface area contributed by atoms with Crippen molar-refractivity contribution in [2.45, 2.75) is 13.8 Å². The summed E-state index contributed by atoms with van der Waals surface area (Å²) in [5.74, 6) is 1.52. The van der Waals surface area contributed by atoms with Gasteiger partial charge in [-0.2, -0.15) is 0 Å². The number of rotatable bonds is 3. The molecule has 0 amide bonds. The average Bonchev–Trinajstić information content (AvgIpc) is 2.87. The highest BCUT2D eigenvalue weighted by Crippen LogP contribution is 2.33. The molecule has 1 aromatic carbocycles. The Morgan fingerprint density at radius 3 is 2.90 bits per heavy atom. The molecular weight excluding hydrogens is 274 g/mol. The summed E-state index contributed by atoms with van der Waals surface area (Å²) >= 11 is 6.14. The first-order valence-electron chi connectivity index (χ1n) is 6.44. The van der Waals surface area contributed by atoms with Crippen LogP contribution in [0.5, 0.6) is 0 Å². The van der Waals surface area contributed by atoms with Gasteiger partial charge in [-0.05, 0) is 26.0 Å². The minimum absolute atomic E-state index is 0.604. The molecule has 1 N–H and O–H groups in total. The van der Waals surface area contributed by atoms with E-state index in [9.17, 15) is 0 Å². The van der Waals surface area contributed by atoms with Crippen LogP contribution in [-0.2, 0) is 0 Å². The predicted octanol–water partition coefficient (Wildman–Crippen LogP) is 4.28. The molecular formula is C15H14ClN3O. The third-order valence-corrected chi connectivity index (χ3v) is 3.46. The van der Waals surface area contributed by atoms with E-state index in [2.05, 4.69) is 15.3 Å². The Morgan fingerprint density at radius 2 is 2.15 bits per heavy atom. The summed E-state index contributed by atoms with van der Waals surface area (Å²) < 4.78 is 5.85. The molecule has 2 aromatic heterocycles. The van der Waals surface area contributed by atoms with E-state index in [-0.39, 0.29) is 0 Å². The van der Waals surface area contributed by atoms with Crippen molar-refractivity contribution in [3.63, 3.8) is 0 Å². The zero-order valence-corrected chi connectivity index (χ0v) is 12.0. The molecule has 0 saturated carbocycles. The van der Waals surface area contributed by atoms with Crippen molar-refractivity contribution in [3.8, 4) is 11.5 Å². The minimum Gasteiger partial charge on any atom is -0.453 e. The molecule has 5 heteroatoms. The molecule has 0 unspecified atom stereocenters. The lowest BCUT2D eigenvalue weighted by atomic mass is 10.2. The van der Waals surface area contributed by atoms with Crippen molar-refractivity contribution in [3.05, 3.63) is 41.2 Å². The number of furan rings is 1. The quantitative estimate of drug-likeness (QED) is 0.781. The number of benzene rings is 1. The molecule has 0 fully saturated rings. The fourth-order valence-electron chi connectivity index (χ4n) is 2.19. The van der Waals surface area contributed by atoms with Gasteiger partial charge < -0.3 is 9.73 Å². The van der Waals surface area contributed by atoms with Gasteiger partial charge in [0.2, 0.25) is 0 Å². The fraction of sp³-hybridized carbons (Fsp3) is 0.200. The van der Waals surface area contributed by atoms with Gasteiger partial charge in [0, 0.05) is 17.5 Å². The van der Waals surface area contributed by atoms with Crippen LogP contribution in [0.25, 0.3) is 22.4 Å². The molecule has 3 aromatic rings. The number of nitrogens with zero attached hydrogens (tertiary/aromatic N) is 2. The molecule has 0 spiro atoms. The lowest BCUT2D eigenvalue weighted by Crippen LogP contribution is -2.03. The fourth-order valence-corrected chi connectivity index (χ4v) is 2.41. The lowest BCUT2D eigenvalue weighted by Gasteiger charge is -2.08. The summed E-state index contributed by atoms with van der Waals surface area (Å²) in [4.78, 5) is 8.56. The maximum atomic E-state index is 6.14. The van der Waals surface area contributed by atoms with Crippen molar-refractivity contribution in [2.75, 3.05) is 11.9 Å². The van der Waals surface area contributed by atoms with Gasteiger partial charge in [0.1, 0.15) is 17.8 Å². The van der Waals surface area contributed by atoms with Crippen LogP contribution in [0.15, 0.2) is 35.0 Å². The monoisotopic (exact) mass is 287 g/mol. The maximum Gasteiger partial charge on any atom is 0.154 e. The summed E-state index contributed by atoms with van der Waals surface area (Å²) in [6.07, 6.45) is 1.54.